The Morgan fingerprint density at radius 2 is 2.20 bits per heavy atom. The minimum Gasteiger partial charge on any atom is -0.309 e. The van der Waals surface area contributed by atoms with Crippen LogP contribution in [0.25, 0.3) is 0 Å². The summed E-state index contributed by atoms with van der Waals surface area (Å²) in [6.07, 6.45) is 0.961. The first kappa shape index (κ1) is 12.8. The van der Waals surface area contributed by atoms with Crippen molar-refractivity contribution in [1.82, 2.24) is 5.32 Å². The van der Waals surface area contributed by atoms with E-state index in [2.05, 4.69) is 12.2 Å². The second kappa shape index (κ2) is 6.31. The zero-order chi connectivity index (χ0) is 11.3. The maximum Gasteiger partial charge on any atom is 0.124 e. The molecule has 0 saturated carbocycles. The lowest BCUT2D eigenvalue weighted by Gasteiger charge is -2.14. The molecule has 0 amide bonds. The van der Waals surface area contributed by atoms with Crippen LogP contribution >= 0.6 is 23.2 Å². The van der Waals surface area contributed by atoms with Gasteiger partial charge in [-0.25, -0.2) is 4.39 Å². The van der Waals surface area contributed by atoms with Crippen LogP contribution in [0.15, 0.2) is 18.2 Å². The van der Waals surface area contributed by atoms with Crippen LogP contribution in [-0.2, 0) is 6.54 Å². The first-order chi connectivity index (χ1) is 7.17. The maximum absolute atomic E-state index is 12.8. The molecule has 0 aliphatic heterocycles. The van der Waals surface area contributed by atoms with Crippen molar-refractivity contribution in [3.63, 3.8) is 0 Å². The molecule has 1 rings (SSSR count). The van der Waals surface area contributed by atoms with Crippen molar-refractivity contribution in [3.05, 3.63) is 34.6 Å². The molecule has 84 valence electrons. The van der Waals surface area contributed by atoms with Gasteiger partial charge in [-0.2, -0.15) is 0 Å². The van der Waals surface area contributed by atoms with Gasteiger partial charge >= 0.3 is 0 Å². The van der Waals surface area contributed by atoms with Crippen molar-refractivity contribution in [1.29, 1.82) is 0 Å². The molecule has 0 heterocycles. The largest absolute Gasteiger partial charge is 0.309 e. The monoisotopic (exact) mass is 249 g/mol. The van der Waals surface area contributed by atoms with Crippen LogP contribution in [0.1, 0.15) is 18.9 Å². The minimum absolute atomic E-state index is 0.271. The van der Waals surface area contributed by atoms with Crippen LogP contribution in [0, 0.1) is 5.82 Å². The zero-order valence-electron chi connectivity index (χ0n) is 8.56. The average molecular weight is 250 g/mol. The third-order valence-corrected chi connectivity index (χ3v) is 3.00. The van der Waals surface area contributed by atoms with Crippen LogP contribution in [0.4, 0.5) is 4.39 Å². The maximum atomic E-state index is 12.8. The molecule has 15 heavy (non-hydrogen) atoms. The molecular weight excluding hydrogens is 236 g/mol. The van der Waals surface area contributed by atoms with E-state index in [1.165, 1.54) is 12.1 Å². The van der Waals surface area contributed by atoms with Crippen molar-refractivity contribution in [2.75, 3.05) is 5.88 Å². The Balaban J connectivity index is 2.57. The lowest BCUT2D eigenvalue weighted by Crippen LogP contribution is -2.29. The van der Waals surface area contributed by atoms with Gasteiger partial charge < -0.3 is 5.32 Å². The SMILES string of the molecule is CCC(CCl)NCc1ccc(F)cc1Cl. The molecule has 1 aromatic carbocycles. The second-order valence-electron chi connectivity index (χ2n) is 3.38. The first-order valence-corrected chi connectivity index (χ1v) is 5.82. The summed E-state index contributed by atoms with van der Waals surface area (Å²) in [7, 11) is 0. The summed E-state index contributed by atoms with van der Waals surface area (Å²) in [4.78, 5) is 0. The number of alkyl halides is 1. The third kappa shape index (κ3) is 3.98. The van der Waals surface area contributed by atoms with Gasteiger partial charge in [0.05, 0.1) is 0 Å². The number of hydrogen-bond acceptors (Lipinski definition) is 1. The van der Waals surface area contributed by atoms with E-state index in [4.69, 9.17) is 23.2 Å². The van der Waals surface area contributed by atoms with Crippen molar-refractivity contribution in [2.24, 2.45) is 0 Å². The van der Waals surface area contributed by atoms with Crippen LogP contribution in [0.3, 0.4) is 0 Å². The molecule has 1 nitrogen and oxygen atoms in total. The fourth-order valence-electron chi connectivity index (χ4n) is 1.23. The van der Waals surface area contributed by atoms with Crippen molar-refractivity contribution in [3.8, 4) is 0 Å². The quantitative estimate of drug-likeness (QED) is 0.787. The van der Waals surface area contributed by atoms with Crippen LogP contribution in [0.5, 0.6) is 0 Å². The van der Waals surface area contributed by atoms with E-state index in [-0.39, 0.29) is 11.9 Å². The third-order valence-electron chi connectivity index (χ3n) is 2.28. The molecule has 4 heteroatoms. The van der Waals surface area contributed by atoms with Crippen LogP contribution in [-0.4, -0.2) is 11.9 Å². The van der Waals surface area contributed by atoms with Crippen molar-refractivity contribution >= 4 is 23.2 Å². The number of halogens is 3. The predicted molar refractivity (Wildman–Crippen MR) is 63.0 cm³/mol. The van der Waals surface area contributed by atoms with Gasteiger partial charge in [-0.15, -0.1) is 11.6 Å². The molecule has 1 N–H and O–H groups in total. The standard InChI is InChI=1S/C11H14Cl2FN/c1-2-10(6-12)15-7-8-3-4-9(14)5-11(8)13/h3-5,10,15H,2,6-7H2,1H3. The Kier molecular flexibility index (Phi) is 5.37. The van der Waals surface area contributed by atoms with Gasteiger partial charge in [0.25, 0.3) is 0 Å². The summed E-state index contributed by atoms with van der Waals surface area (Å²) in [5.41, 5.74) is 0.890. The van der Waals surface area contributed by atoms with Crippen LogP contribution in [0.2, 0.25) is 5.02 Å². The summed E-state index contributed by atoms with van der Waals surface area (Å²) >= 11 is 11.6. The molecule has 0 saturated heterocycles. The summed E-state index contributed by atoms with van der Waals surface area (Å²) in [6, 6.07) is 4.68. The van der Waals surface area contributed by atoms with E-state index in [1.54, 1.807) is 6.07 Å². The lowest BCUT2D eigenvalue weighted by molar-refractivity contribution is 0.538. The van der Waals surface area contributed by atoms with E-state index in [9.17, 15) is 4.39 Å². The molecule has 0 bridgehead atoms. The Labute approximate surface area is 99.6 Å². The predicted octanol–water partition coefficient (Wildman–Crippen LogP) is 3.59. The molecule has 1 aromatic rings. The van der Waals surface area contributed by atoms with Crippen LogP contribution < -0.4 is 5.32 Å². The fourth-order valence-corrected chi connectivity index (χ4v) is 1.79. The van der Waals surface area contributed by atoms with Crippen molar-refractivity contribution < 1.29 is 4.39 Å². The molecule has 1 atom stereocenters. The highest BCUT2D eigenvalue weighted by Gasteiger charge is 2.06. The van der Waals surface area contributed by atoms with Gasteiger partial charge in [0, 0.05) is 23.5 Å². The van der Waals surface area contributed by atoms with E-state index < -0.39 is 0 Å². The highest BCUT2D eigenvalue weighted by atomic mass is 35.5. The topological polar surface area (TPSA) is 12.0 Å². The number of rotatable bonds is 5. The molecule has 0 aliphatic rings. The molecule has 0 spiro atoms. The molecule has 0 aliphatic carbocycles. The first-order valence-electron chi connectivity index (χ1n) is 4.90. The van der Waals surface area contributed by atoms with E-state index in [0.717, 1.165) is 12.0 Å². The fraction of sp³-hybridized carbons (Fsp3) is 0.455. The molecule has 0 radical (unpaired) electrons. The number of hydrogen-bond donors (Lipinski definition) is 1. The highest BCUT2D eigenvalue weighted by Crippen LogP contribution is 2.17. The smallest absolute Gasteiger partial charge is 0.124 e. The molecule has 0 aromatic heterocycles. The lowest BCUT2D eigenvalue weighted by atomic mass is 10.2. The Morgan fingerprint density at radius 3 is 2.73 bits per heavy atom. The summed E-state index contributed by atoms with van der Waals surface area (Å²) in [5, 5.41) is 3.71. The minimum atomic E-state index is -0.312. The van der Waals surface area contributed by atoms with Gasteiger partial charge in [0.1, 0.15) is 5.82 Å². The Hall–Kier alpha value is -0.310. The van der Waals surface area contributed by atoms with Gasteiger partial charge in [-0.3, -0.25) is 0 Å². The number of nitrogens with one attached hydrogen (secondary N) is 1. The van der Waals surface area contributed by atoms with E-state index in [0.29, 0.717) is 17.4 Å². The Bertz CT molecular complexity index is 313. The van der Waals surface area contributed by atoms with Gasteiger partial charge in [-0.05, 0) is 24.1 Å². The molecule has 0 fully saturated rings. The highest BCUT2D eigenvalue weighted by molar-refractivity contribution is 6.31. The Morgan fingerprint density at radius 1 is 1.47 bits per heavy atom. The van der Waals surface area contributed by atoms with Gasteiger partial charge in [0.15, 0.2) is 0 Å². The summed E-state index contributed by atoms with van der Waals surface area (Å²) < 4.78 is 12.8. The van der Waals surface area contributed by atoms with Crippen molar-refractivity contribution in [2.45, 2.75) is 25.9 Å². The average Bonchev–Trinajstić information content (AvgIpc) is 2.22. The normalized spacial score (nSPS) is 12.8. The molecule has 1 unspecified atom stereocenters. The summed E-state index contributed by atoms with van der Waals surface area (Å²) in [5.74, 6) is 0.253. The van der Waals surface area contributed by atoms with E-state index in [1.807, 2.05) is 0 Å². The van der Waals surface area contributed by atoms with Gasteiger partial charge in [-0.1, -0.05) is 24.6 Å². The van der Waals surface area contributed by atoms with Gasteiger partial charge in [0.2, 0.25) is 0 Å². The second-order valence-corrected chi connectivity index (χ2v) is 4.09. The number of benzene rings is 1. The summed E-state index contributed by atoms with van der Waals surface area (Å²) in [6.45, 7) is 2.68. The zero-order valence-corrected chi connectivity index (χ0v) is 10.1. The molecular formula is C11H14Cl2FN. The van der Waals surface area contributed by atoms with E-state index >= 15 is 0 Å².